The van der Waals surface area contributed by atoms with Gasteiger partial charge in [-0.05, 0) is 27.2 Å². The van der Waals surface area contributed by atoms with Crippen LogP contribution in [0.3, 0.4) is 0 Å². The molecule has 0 aromatic carbocycles. The monoisotopic (exact) mass is 158 g/mol. The summed E-state index contributed by atoms with van der Waals surface area (Å²) in [5.41, 5.74) is -0.800. The van der Waals surface area contributed by atoms with Crippen LogP contribution in [0.1, 0.15) is 27.2 Å². The number of aliphatic hydroxyl groups is 1. The summed E-state index contributed by atoms with van der Waals surface area (Å²) < 4.78 is 4.91. The summed E-state index contributed by atoms with van der Waals surface area (Å²) in [4.78, 5) is 11.0. The molecule has 3 nitrogen and oxygen atoms in total. The van der Waals surface area contributed by atoms with E-state index in [0.29, 0.717) is 6.42 Å². The van der Waals surface area contributed by atoms with E-state index >= 15 is 0 Å². The SMILES string of the molecule is CC(C)OC(=O)C1CC1(C)O. The first-order valence-corrected chi connectivity index (χ1v) is 3.86. The second-order valence-corrected chi connectivity index (χ2v) is 3.60. The first-order chi connectivity index (χ1) is 4.93. The topological polar surface area (TPSA) is 46.5 Å². The fourth-order valence-electron chi connectivity index (χ4n) is 1.01. The van der Waals surface area contributed by atoms with Gasteiger partial charge >= 0.3 is 5.97 Å². The Balaban J connectivity index is 2.34. The van der Waals surface area contributed by atoms with Crippen molar-refractivity contribution in [2.45, 2.75) is 38.9 Å². The minimum Gasteiger partial charge on any atom is -0.463 e. The van der Waals surface area contributed by atoms with Crippen LogP contribution in [-0.4, -0.2) is 22.8 Å². The third kappa shape index (κ3) is 1.93. The molecule has 0 radical (unpaired) electrons. The van der Waals surface area contributed by atoms with Gasteiger partial charge in [-0.3, -0.25) is 4.79 Å². The third-order valence-electron chi connectivity index (χ3n) is 1.84. The van der Waals surface area contributed by atoms with E-state index in [0.717, 1.165) is 0 Å². The zero-order chi connectivity index (χ0) is 8.65. The summed E-state index contributed by atoms with van der Waals surface area (Å²) in [6.07, 6.45) is 0.456. The summed E-state index contributed by atoms with van der Waals surface area (Å²) in [6, 6.07) is 0. The molecule has 1 aliphatic carbocycles. The van der Waals surface area contributed by atoms with Crippen molar-refractivity contribution in [1.29, 1.82) is 0 Å². The molecule has 0 spiro atoms. The van der Waals surface area contributed by atoms with Crippen LogP contribution < -0.4 is 0 Å². The summed E-state index contributed by atoms with van der Waals surface area (Å²) in [6.45, 7) is 5.25. The number of carbonyl (C=O) groups excluding carboxylic acids is 1. The van der Waals surface area contributed by atoms with Crippen molar-refractivity contribution in [3.63, 3.8) is 0 Å². The summed E-state index contributed by atoms with van der Waals surface area (Å²) in [5.74, 6) is -0.560. The lowest BCUT2D eigenvalue weighted by Crippen LogP contribution is -2.18. The largest absolute Gasteiger partial charge is 0.463 e. The van der Waals surface area contributed by atoms with Gasteiger partial charge in [0, 0.05) is 0 Å². The van der Waals surface area contributed by atoms with Crippen molar-refractivity contribution in [1.82, 2.24) is 0 Å². The average molecular weight is 158 g/mol. The van der Waals surface area contributed by atoms with Crippen LogP contribution in [0.4, 0.5) is 0 Å². The molecule has 11 heavy (non-hydrogen) atoms. The Bertz CT molecular complexity index is 172. The first-order valence-electron chi connectivity index (χ1n) is 3.86. The molecule has 0 saturated heterocycles. The average Bonchev–Trinajstić information content (AvgIpc) is 2.38. The van der Waals surface area contributed by atoms with Crippen molar-refractivity contribution >= 4 is 5.97 Å². The molecule has 0 heterocycles. The minimum atomic E-state index is -0.800. The van der Waals surface area contributed by atoms with E-state index in [4.69, 9.17) is 4.74 Å². The summed E-state index contributed by atoms with van der Waals surface area (Å²) in [5, 5.41) is 9.27. The Hall–Kier alpha value is -0.570. The van der Waals surface area contributed by atoms with Crippen LogP contribution in [0.5, 0.6) is 0 Å². The van der Waals surface area contributed by atoms with Gasteiger partial charge < -0.3 is 9.84 Å². The van der Waals surface area contributed by atoms with Gasteiger partial charge in [0.05, 0.1) is 17.6 Å². The highest BCUT2D eigenvalue weighted by atomic mass is 16.5. The van der Waals surface area contributed by atoms with E-state index in [-0.39, 0.29) is 18.0 Å². The maximum absolute atomic E-state index is 11.0. The number of rotatable bonds is 2. The lowest BCUT2D eigenvalue weighted by atomic mass is 10.3. The Morgan fingerprint density at radius 2 is 2.18 bits per heavy atom. The van der Waals surface area contributed by atoms with Gasteiger partial charge in [0.1, 0.15) is 0 Å². The second kappa shape index (κ2) is 2.48. The van der Waals surface area contributed by atoms with Gasteiger partial charge in [0.2, 0.25) is 0 Å². The van der Waals surface area contributed by atoms with E-state index in [1.54, 1.807) is 20.8 Å². The van der Waals surface area contributed by atoms with Crippen LogP contribution in [0, 0.1) is 5.92 Å². The van der Waals surface area contributed by atoms with Crippen molar-refractivity contribution in [3.8, 4) is 0 Å². The molecule has 0 aromatic rings. The van der Waals surface area contributed by atoms with Gasteiger partial charge in [0.25, 0.3) is 0 Å². The molecule has 2 atom stereocenters. The summed E-state index contributed by atoms with van der Waals surface area (Å²) >= 11 is 0. The van der Waals surface area contributed by atoms with E-state index in [2.05, 4.69) is 0 Å². The van der Waals surface area contributed by atoms with Gasteiger partial charge in [-0.1, -0.05) is 0 Å². The quantitative estimate of drug-likeness (QED) is 0.602. The number of esters is 1. The van der Waals surface area contributed by atoms with Crippen LogP contribution in [0.15, 0.2) is 0 Å². The number of hydrogen-bond acceptors (Lipinski definition) is 3. The maximum atomic E-state index is 11.0. The van der Waals surface area contributed by atoms with Gasteiger partial charge in [-0.15, -0.1) is 0 Å². The maximum Gasteiger partial charge on any atom is 0.312 e. The second-order valence-electron chi connectivity index (χ2n) is 3.60. The van der Waals surface area contributed by atoms with E-state index < -0.39 is 5.60 Å². The molecule has 0 aliphatic heterocycles. The predicted octanol–water partition coefficient (Wildman–Crippen LogP) is 0.709. The van der Waals surface area contributed by atoms with Gasteiger partial charge in [0.15, 0.2) is 0 Å². The predicted molar refractivity (Wildman–Crippen MR) is 40.0 cm³/mol. The van der Waals surface area contributed by atoms with E-state index in [1.165, 1.54) is 0 Å². The molecule has 3 heteroatoms. The molecule has 0 aromatic heterocycles. The van der Waals surface area contributed by atoms with E-state index in [1.807, 2.05) is 0 Å². The van der Waals surface area contributed by atoms with Crippen LogP contribution in [0.2, 0.25) is 0 Å². The summed E-state index contributed by atoms with van der Waals surface area (Å²) in [7, 11) is 0. The van der Waals surface area contributed by atoms with Crippen molar-refractivity contribution in [2.24, 2.45) is 5.92 Å². The Kier molecular flexibility index (Phi) is 1.92. The fourth-order valence-corrected chi connectivity index (χ4v) is 1.01. The lowest BCUT2D eigenvalue weighted by molar-refractivity contribution is -0.150. The molecule has 1 N–H and O–H groups in total. The van der Waals surface area contributed by atoms with Crippen LogP contribution in [-0.2, 0) is 9.53 Å². The number of carbonyl (C=O) groups is 1. The van der Waals surface area contributed by atoms with Crippen molar-refractivity contribution in [2.75, 3.05) is 0 Å². The Morgan fingerprint density at radius 3 is 2.45 bits per heavy atom. The van der Waals surface area contributed by atoms with Gasteiger partial charge in [-0.2, -0.15) is 0 Å². The normalized spacial score (nSPS) is 35.5. The van der Waals surface area contributed by atoms with Gasteiger partial charge in [-0.25, -0.2) is 0 Å². The molecule has 1 saturated carbocycles. The number of ether oxygens (including phenoxy) is 1. The Morgan fingerprint density at radius 1 is 1.73 bits per heavy atom. The van der Waals surface area contributed by atoms with Crippen LogP contribution in [0.25, 0.3) is 0 Å². The van der Waals surface area contributed by atoms with Crippen LogP contribution >= 0.6 is 0 Å². The number of hydrogen-bond donors (Lipinski definition) is 1. The molecule has 0 bridgehead atoms. The van der Waals surface area contributed by atoms with E-state index in [9.17, 15) is 9.90 Å². The Labute approximate surface area is 66.4 Å². The lowest BCUT2D eigenvalue weighted by Gasteiger charge is -2.07. The van der Waals surface area contributed by atoms with Crippen molar-refractivity contribution in [3.05, 3.63) is 0 Å². The third-order valence-corrected chi connectivity index (χ3v) is 1.84. The zero-order valence-electron chi connectivity index (χ0n) is 7.13. The zero-order valence-corrected chi connectivity index (χ0v) is 7.13. The molecule has 64 valence electrons. The smallest absolute Gasteiger partial charge is 0.312 e. The highest BCUT2D eigenvalue weighted by Crippen LogP contribution is 2.43. The molecule has 0 amide bonds. The molecular weight excluding hydrogens is 144 g/mol. The fraction of sp³-hybridized carbons (Fsp3) is 0.875. The molecule has 1 fully saturated rings. The standard InChI is InChI=1S/C8H14O3/c1-5(2)11-7(9)6-4-8(6,3)10/h5-6,10H,4H2,1-3H3. The first kappa shape index (κ1) is 8.53. The molecule has 1 rings (SSSR count). The highest BCUT2D eigenvalue weighted by molar-refractivity contribution is 5.77. The minimum absolute atomic E-state index is 0.0844. The highest BCUT2D eigenvalue weighted by Gasteiger charge is 2.54. The molecule has 1 aliphatic rings. The molecular formula is C8H14O3. The molecule has 2 unspecified atom stereocenters. The van der Waals surface area contributed by atoms with Crippen molar-refractivity contribution < 1.29 is 14.6 Å².